The lowest BCUT2D eigenvalue weighted by Crippen LogP contribution is -2.32. The third-order valence-corrected chi connectivity index (χ3v) is 4.90. The van der Waals surface area contributed by atoms with Crippen LogP contribution in [0.5, 0.6) is 11.6 Å². The third-order valence-electron chi connectivity index (χ3n) is 4.90. The molecule has 1 N–H and O–H groups in total. The molecule has 0 unspecified atom stereocenters. The van der Waals surface area contributed by atoms with Crippen LogP contribution in [0.25, 0.3) is 22.5 Å². The van der Waals surface area contributed by atoms with Crippen LogP contribution < -0.4 is 4.74 Å². The lowest BCUT2D eigenvalue weighted by Gasteiger charge is -2.25. The molecule has 2 heterocycles. The number of hydrogen-bond donors (Lipinski definition) is 1. The Morgan fingerprint density at radius 2 is 1.71 bits per heavy atom. The second-order valence-electron chi connectivity index (χ2n) is 7.01. The van der Waals surface area contributed by atoms with E-state index in [1.807, 2.05) is 25.1 Å². The predicted molar refractivity (Wildman–Crippen MR) is 103 cm³/mol. The highest BCUT2D eigenvalue weighted by Gasteiger charge is 2.26. The highest BCUT2D eigenvalue weighted by molar-refractivity contribution is 5.72. The summed E-state index contributed by atoms with van der Waals surface area (Å²) in [6.07, 6.45) is 1.65. The summed E-state index contributed by atoms with van der Waals surface area (Å²) < 4.78 is 19.6. The Morgan fingerprint density at radius 3 is 2.39 bits per heavy atom. The van der Waals surface area contributed by atoms with E-state index in [2.05, 4.69) is 20.4 Å². The minimum atomic E-state index is -0.961. The number of phenols is 1. The Labute approximate surface area is 162 Å². The molecule has 4 rings (SSSR count). The Kier molecular flexibility index (Phi) is 5.14. The normalized spacial score (nSPS) is 19.4. The van der Waals surface area contributed by atoms with Crippen LogP contribution in [0.1, 0.15) is 31.4 Å². The van der Waals surface area contributed by atoms with E-state index >= 15 is 0 Å². The van der Waals surface area contributed by atoms with Gasteiger partial charge in [-0.25, -0.2) is 4.39 Å². The average molecular weight is 380 g/mol. The van der Waals surface area contributed by atoms with Gasteiger partial charge in [0.25, 0.3) is 0 Å². The SMILES string of the molecule is Cc1ccc(-c2ccc(-c3ccc(O[C@H]4CCCC[C@H]4F)nn3)c(O)c2)nn1. The average Bonchev–Trinajstić information content (AvgIpc) is 2.71. The van der Waals surface area contributed by atoms with Crippen molar-refractivity contribution in [3.05, 3.63) is 48.2 Å². The van der Waals surface area contributed by atoms with Gasteiger partial charge in [0.1, 0.15) is 18.0 Å². The Morgan fingerprint density at radius 1 is 0.929 bits per heavy atom. The number of aromatic hydroxyl groups is 1. The second kappa shape index (κ2) is 7.88. The summed E-state index contributed by atoms with van der Waals surface area (Å²) in [5.74, 6) is 0.364. The van der Waals surface area contributed by atoms with Crippen molar-refractivity contribution in [3.63, 3.8) is 0 Å². The Hall–Kier alpha value is -3.09. The second-order valence-corrected chi connectivity index (χ2v) is 7.01. The topological polar surface area (TPSA) is 81.0 Å². The van der Waals surface area contributed by atoms with Gasteiger partial charge >= 0.3 is 0 Å². The summed E-state index contributed by atoms with van der Waals surface area (Å²) >= 11 is 0. The van der Waals surface area contributed by atoms with Crippen LogP contribution in [0, 0.1) is 6.92 Å². The molecule has 1 aromatic carbocycles. The minimum Gasteiger partial charge on any atom is -0.507 e. The van der Waals surface area contributed by atoms with E-state index < -0.39 is 12.3 Å². The number of hydrogen-bond acceptors (Lipinski definition) is 6. The molecular formula is C21H21FN4O2. The van der Waals surface area contributed by atoms with Gasteiger partial charge in [0.15, 0.2) is 0 Å². The maximum absolute atomic E-state index is 13.9. The summed E-state index contributed by atoms with van der Waals surface area (Å²) in [7, 11) is 0. The Balaban J connectivity index is 1.51. The summed E-state index contributed by atoms with van der Waals surface area (Å²) in [5.41, 5.74) is 3.31. The van der Waals surface area contributed by atoms with E-state index in [4.69, 9.17) is 4.74 Å². The van der Waals surface area contributed by atoms with Crippen molar-refractivity contribution in [2.45, 2.75) is 44.9 Å². The summed E-state index contributed by atoms with van der Waals surface area (Å²) in [4.78, 5) is 0. The van der Waals surface area contributed by atoms with Crippen molar-refractivity contribution in [1.82, 2.24) is 20.4 Å². The van der Waals surface area contributed by atoms with Crippen molar-refractivity contribution in [2.24, 2.45) is 0 Å². The van der Waals surface area contributed by atoms with Crippen molar-refractivity contribution < 1.29 is 14.2 Å². The minimum absolute atomic E-state index is 0.0685. The van der Waals surface area contributed by atoms with Gasteiger partial charge in [-0.1, -0.05) is 12.5 Å². The van der Waals surface area contributed by atoms with Gasteiger partial charge in [-0.3, -0.25) is 0 Å². The lowest BCUT2D eigenvalue weighted by molar-refractivity contribution is 0.0594. The van der Waals surface area contributed by atoms with Gasteiger partial charge in [-0.05, 0) is 56.5 Å². The standard InChI is InChI=1S/C21H21FN4O2/c1-13-6-9-17(24-23-13)14-7-8-15(19(27)12-14)18-10-11-21(26-25-18)28-20-5-3-2-4-16(20)22/h6-12,16,20,27H,2-5H2,1H3/t16-,20+/m1/s1. The molecule has 3 aromatic rings. The number of benzene rings is 1. The van der Waals surface area contributed by atoms with E-state index in [0.29, 0.717) is 35.7 Å². The number of halogens is 1. The fraction of sp³-hybridized carbons (Fsp3) is 0.333. The van der Waals surface area contributed by atoms with Crippen molar-refractivity contribution in [3.8, 4) is 34.1 Å². The van der Waals surface area contributed by atoms with Crippen LogP contribution in [0.3, 0.4) is 0 Å². The molecule has 7 heteroatoms. The van der Waals surface area contributed by atoms with Gasteiger partial charge in [0, 0.05) is 17.2 Å². The summed E-state index contributed by atoms with van der Waals surface area (Å²) in [5, 5.41) is 26.8. The van der Waals surface area contributed by atoms with Gasteiger partial charge in [-0.2, -0.15) is 10.2 Å². The molecule has 1 saturated carbocycles. The van der Waals surface area contributed by atoms with Crippen LogP contribution in [0.15, 0.2) is 42.5 Å². The van der Waals surface area contributed by atoms with Crippen molar-refractivity contribution >= 4 is 0 Å². The Bertz CT molecular complexity index is 948. The summed E-state index contributed by atoms with van der Waals surface area (Å²) in [6.45, 7) is 1.87. The molecule has 0 radical (unpaired) electrons. The van der Waals surface area contributed by atoms with E-state index in [1.54, 1.807) is 24.3 Å². The van der Waals surface area contributed by atoms with Crippen LogP contribution >= 0.6 is 0 Å². The fourth-order valence-electron chi connectivity index (χ4n) is 3.33. The molecule has 0 spiro atoms. The molecule has 1 fully saturated rings. The van der Waals surface area contributed by atoms with E-state index in [0.717, 1.165) is 24.1 Å². The first-order chi connectivity index (χ1) is 13.6. The van der Waals surface area contributed by atoms with Crippen molar-refractivity contribution in [2.75, 3.05) is 0 Å². The first-order valence-corrected chi connectivity index (χ1v) is 9.39. The molecule has 2 atom stereocenters. The van der Waals surface area contributed by atoms with E-state index in [9.17, 15) is 9.50 Å². The number of aryl methyl sites for hydroxylation is 1. The quantitative estimate of drug-likeness (QED) is 0.728. The maximum Gasteiger partial charge on any atom is 0.233 e. The number of rotatable bonds is 4. The number of alkyl halides is 1. The lowest BCUT2D eigenvalue weighted by atomic mass is 9.96. The van der Waals surface area contributed by atoms with E-state index in [-0.39, 0.29) is 5.75 Å². The zero-order valence-corrected chi connectivity index (χ0v) is 15.5. The highest BCUT2D eigenvalue weighted by atomic mass is 19.1. The molecule has 1 aliphatic carbocycles. The van der Waals surface area contributed by atoms with E-state index in [1.165, 1.54) is 0 Å². The monoisotopic (exact) mass is 380 g/mol. The first kappa shape index (κ1) is 18.3. The molecule has 6 nitrogen and oxygen atoms in total. The smallest absolute Gasteiger partial charge is 0.233 e. The summed E-state index contributed by atoms with van der Waals surface area (Å²) in [6, 6.07) is 12.3. The molecule has 28 heavy (non-hydrogen) atoms. The number of phenolic OH excluding ortho intramolecular Hbond substituents is 1. The fourth-order valence-corrected chi connectivity index (χ4v) is 3.33. The zero-order valence-electron chi connectivity index (χ0n) is 15.5. The van der Waals surface area contributed by atoms with Gasteiger partial charge in [0.2, 0.25) is 5.88 Å². The molecule has 2 aromatic heterocycles. The molecular weight excluding hydrogens is 359 g/mol. The molecule has 144 valence electrons. The van der Waals surface area contributed by atoms with Crippen LogP contribution in [0.4, 0.5) is 4.39 Å². The number of nitrogens with zero attached hydrogens (tertiary/aromatic N) is 4. The van der Waals surface area contributed by atoms with Crippen LogP contribution in [-0.2, 0) is 0 Å². The molecule has 1 aliphatic rings. The van der Waals surface area contributed by atoms with Gasteiger partial charge < -0.3 is 9.84 Å². The molecule has 0 saturated heterocycles. The maximum atomic E-state index is 13.9. The molecule has 0 bridgehead atoms. The first-order valence-electron chi connectivity index (χ1n) is 9.39. The van der Waals surface area contributed by atoms with Gasteiger partial charge in [-0.15, -0.1) is 10.2 Å². The number of aromatic nitrogens is 4. The molecule has 0 amide bonds. The van der Waals surface area contributed by atoms with Crippen LogP contribution in [0.2, 0.25) is 0 Å². The largest absolute Gasteiger partial charge is 0.507 e. The zero-order chi connectivity index (χ0) is 19.5. The molecule has 0 aliphatic heterocycles. The van der Waals surface area contributed by atoms with Gasteiger partial charge in [0.05, 0.1) is 17.1 Å². The highest BCUT2D eigenvalue weighted by Crippen LogP contribution is 2.32. The number of ether oxygens (including phenoxy) is 1. The predicted octanol–water partition coefficient (Wildman–Crippen LogP) is 4.27. The van der Waals surface area contributed by atoms with Crippen LogP contribution in [-0.4, -0.2) is 37.8 Å². The van der Waals surface area contributed by atoms with Crippen molar-refractivity contribution in [1.29, 1.82) is 0 Å². The third kappa shape index (κ3) is 3.93.